The standard InChI is InChI=1S/C24H32FN3O6S/c1-6-33-22(31)14-21(30)13-20(29)12-9-18-15-26-24(28(4)35(5,32)34-16(2)3)27-23(18)17-7-10-19(25)11-8-17/h7-8,10-11,15-16,20,29H,5-6,9,12-14H2,1-4H3/t20-,35?/m0/s1. The molecule has 0 bridgehead atoms. The first-order chi connectivity index (χ1) is 16.4. The van der Waals surface area contributed by atoms with E-state index in [0.29, 0.717) is 23.2 Å². The van der Waals surface area contributed by atoms with Crippen LogP contribution in [0.5, 0.6) is 0 Å². The predicted molar refractivity (Wildman–Crippen MR) is 133 cm³/mol. The van der Waals surface area contributed by atoms with E-state index in [1.54, 1.807) is 32.9 Å². The van der Waals surface area contributed by atoms with Gasteiger partial charge in [0, 0.05) is 31.1 Å². The van der Waals surface area contributed by atoms with Gasteiger partial charge in [-0.15, -0.1) is 0 Å². The van der Waals surface area contributed by atoms with E-state index in [1.165, 1.54) is 29.7 Å². The summed E-state index contributed by atoms with van der Waals surface area (Å²) in [6.45, 7) is 5.29. The summed E-state index contributed by atoms with van der Waals surface area (Å²) in [5.74, 6) is 2.29. The molecule has 2 atom stereocenters. The van der Waals surface area contributed by atoms with Gasteiger partial charge < -0.3 is 9.84 Å². The minimum Gasteiger partial charge on any atom is -0.466 e. The lowest BCUT2D eigenvalue weighted by Crippen LogP contribution is -2.32. The largest absolute Gasteiger partial charge is 0.466 e. The van der Waals surface area contributed by atoms with Gasteiger partial charge in [0.15, 0.2) is 9.99 Å². The van der Waals surface area contributed by atoms with Crippen LogP contribution < -0.4 is 4.31 Å². The Bertz CT molecular complexity index is 1120. The number of aryl methyl sites for hydroxylation is 1. The number of ether oxygens (including phenoxy) is 1. The number of hydrogen-bond acceptors (Lipinski definition) is 8. The fraction of sp³-hybridized carbons (Fsp3) is 0.458. The number of esters is 1. The lowest BCUT2D eigenvalue weighted by atomic mass is 9.99. The average Bonchev–Trinajstić information content (AvgIpc) is 2.76. The second kappa shape index (κ2) is 12.7. The van der Waals surface area contributed by atoms with Crippen molar-refractivity contribution in [3.05, 3.63) is 41.8 Å². The summed E-state index contributed by atoms with van der Waals surface area (Å²) in [6.07, 6.45) is 0.109. The molecule has 0 radical (unpaired) electrons. The molecule has 0 amide bonds. The van der Waals surface area contributed by atoms with E-state index in [0.717, 1.165) is 0 Å². The lowest BCUT2D eigenvalue weighted by Gasteiger charge is -2.24. The zero-order valence-electron chi connectivity index (χ0n) is 20.4. The predicted octanol–water partition coefficient (Wildman–Crippen LogP) is 2.90. The molecule has 2 rings (SSSR count). The number of ketones is 1. The van der Waals surface area contributed by atoms with Gasteiger partial charge in [-0.3, -0.25) is 13.8 Å². The van der Waals surface area contributed by atoms with Crippen molar-refractivity contribution < 1.29 is 32.2 Å². The Morgan fingerprint density at radius 2 is 1.91 bits per heavy atom. The highest BCUT2D eigenvalue weighted by molar-refractivity contribution is 7.97. The molecule has 0 aliphatic heterocycles. The van der Waals surface area contributed by atoms with Crippen LogP contribution in [0.3, 0.4) is 0 Å². The Hall–Kier alpha value is -2.89. The fourth-order valence-electron chi connectivity index (χ4n) is 3.21. The quantitative estimate of drug-likeness (QED) is 0.249. The normalized spacial score (nSPS) is 13.8. The van der Waals surface area contributed by atoms with Crippen molar-refractivity contribution in [2.45, 2.75) is 58.7 Å². The summed E-state index contributed by atoms with van der Waals surface area (Å²) in [5.41, 5.74) is 1.67. The number of carbonyl (C=O) groups is 2. The zero-order chi connectivity index (χ0) is 26.2. The molecule has 0 spiro atoms. The minimum atomic E-state index is -3.15. The van der Waals surface area contributed by atoms with Crippen LogP contribution in [0.15, 0.2) is 30.5 Å². The smallest absolute Gasteiger partial charge is 0.313 e. The number of aromatic nitrogens is 2. The Morgan fingerprint density at radius 3 is 2.51 bits per heavy atom. The van der Waals surface area contributed by atoms with E-state index in [-0.39, 0.29) is 31.5 Å². The Morgan fingerprint density at radius 1 is 1.26 bits per heavy atom. The van der Waals surface area contributed by atoms with Crippen LogP contribution in [-0.2, 0) is 34.9 Å². The molecule has 0 fully saturated rings. The molecule has 1 aromatic carbocycles. The second-order valence-corrected chi connectivity index (χ2v) is 10.1. The summed E-state index contributed by atoms with van der Waals surface area (Å²) >= 11 is 0. The lowest BCUT2D eigenvalue weighted by molar-refractivity contribution is -0.145. The molecular weight excluding hydrogens is 477 g/mol. The van der Waals surface area contributed by atoms with E-state index >= 15 is 0 Å². The molecule has 2 aromatic rings. The molecular formula is C24H32FN3O6S. The molecule has 1 unspecified atom stereocenters. The highest BCUT2D eigenvalue weighted by Crippen LogP contribution is 2.26. The number of benzene rings is 1. The first-order valence-corrected chi connectivity index (χ1v) is 12.8. The van der Waals surface area contributed by atoms with E-state index in [1.807, 2.05) is 0 Å². The fourth-order valence-corrected chi connectivity index (χ4v) is 4.28. The van der Waals surface area contributed by atoms with Crippen LogP contribution in [0.25, 0.3) is 11.3 Å². The van der Waals surface area contributed by atoms with E-state index in [9.17, 15) is 23.3 Å². The summed E-state index contributed by atoms with van der Waals surface area (Å²) in [7, 11) is -1.65. The van der Waals surface area contributed by atoms with Crippen molar-refractivity contribution in [1.29, 1.82) is 0 Å². The van der Waals surface area contributed by atoms with E-state index in [4.69, 9.17) is 8.92 Å². The van der Waals surface area contributed by atoms with Crippen LogP contribution in [0.1, 0.15) is 45.6 Å². The molecule has 0 saturated carbocycles. The summed E-state index contributed by atoms with van der Waals surface area (Å²) in [6, 6.07) is 5.69. The van der Waals surface area contributed by atoms with Crippen LogP contribution in [0.4, 0.5) is 10.3 Å². The van der Waals surface area contributed by atoms with Crippen molar-refractivity contribution >= 4 is 33.6 Å². The van der Waals surface area contributed by atoms with Crippen LogP contribution >= 0.6 is 0 Å². The van der Waals surface area contributed by atoms with Gasteiger partial charge >= 0.3 is 5.97 Å². The van der Waals surface area contributed by atoms with Crippen molar-refractivity contribution in [3.8, 4) is 11.3 Å². The molecule has 1 heterocycles. The number of aliphatic hydroxyl groups excluding tert-OH is 1. The number of rotatable bonds is 13. The molecule has 192 valence electrons. The van der Waals surface area contributed by atoms with Gasteiger partial charge in [0.2, 0.25) is 5.95 Å². The summed E-state index contributed by atoms with van der Waals surface area (Å²) in [4.78, 5) is 32.3. The molecule has 0 saturated heterocycles. The first-order valence-electron chi connectivity index (χ1n) is 11.2. The molecule has 35 heavy (non-hydrogen) atoms. The van der Waals surface area contributed by atoms with Crippen molar-refractivity contribution in [3.63, 3.8) is 0 Å². The maximum absolute atomic E-state index is 13.5. The third-order valence-corrected chi connectivity index (χ3v) is 6.55. The van der Waals surface area contributed by atoms with Crippen LogP contribution in [0.2, 0.25) is 0 Å². The Labute approximate surface area is 205 Å². The Kier molecular flexibility index (Phi) is 10.3. The van der Waals surface area contributed by atoms with E-state index in [2.05, 4.69) is 15.8 Å². The average molecular weight is 510 g/mol. The van der Waals surface area contributed by atoms with Crippen molar-refractivity contribution in [1.82, 2.24) is 9.97 Å². The number of nitrogens with zero attached hydrogens (tertiary/aromatic N) is 3. The first kappa shape index (κ1) is 28.3. The van der Waals surface area contributed by atoms with Gasteiger partial charge in [0.25, 0.3) is 0 Å². The molecule has 1 N–H and O–H groups in total. The highest BCUT2D eigenvalue weighted by atomic mass is 32.2. The van der Waals surface area contributed by atoms with Gasteiger partial charge in [-0.2, -0.15) is 0 Å². The SMILES string of the molecule is C=S(=O)(OC(C)C)N(C)c1ncc(CC[C@H](O)CC(=O)CC(=O)OCC)c(-c2ccc(F)cc2)n1. The number of carbonyl (C=O) groups excluding carboxylic acids is 2. The van der Waals surface area contributed by atoms with Crippen LogP contribution in [0, 0.1) is 5.82 Å². The zero-order valence-corrected chi connectivity index (χ0v) is 21.2. The van der Waals surface area contributed by atoms with Gasteiger partial charge in [0.1, 0.15) is 18.0 Å². The molecule has 9 nitrogen and oxygen atoms in total. The summed E-state index contributed by atoms with van der Waals surface area (Å²) < 4.78 is 37.8. The number of hydrogen-bond donors (Lipinski definition) is 1. The van der Waals surface area contributed by atoms with E-state index < -0.39 is 40.1 Å². The maximum atomic E-state index is 13.5. The highest BCUT2D eigenvalue weighted by Gasteiger charge is 2.21. The van der Waals surface area contributed by atoms with Gasteiger partial charge in [0.05, 0.1) is 24.5 Å². The van der Waals surface area contributed by atoms with Crippen molar-refractivity contribution in [2.24, 2.45) is 0 Å². The van der Waals surface area contributed by atoms with Crippen molar-refractivity contribution in [2.75, 3.05) is 18.0 Å². The third kappa shape index (κ3) is 8.68. The minimum absolute atomic E-state index is 0.0962. The van der Waals surface area contributed by atoms with Crippen LogP contribution in [-0.4, -0.2) is 62.8 Å². The van der Waals surface area contributed by atoms with Gasteiger partial charge in [-0.05, 0) is 63.4 Å². The van der Waals surface area contributed by atoms with Gasteiger partial charge in [-0.25, -0.2) is 22.9 Å². The number of aliphatic hydroxyl groups is 1. The number of anilines is 1. The van der Waals surface area contributed by atoms with Gasteiger partial charge in [-0.1, -0.05) is 0 Å². The monoisotopic (exact) mass is 509 g/mol. The maximum Gasteiger partial charge on any atom is 0.313 e. The Balaban J connectivity index is 2.25. The third-order valence-electron chi connectivity index (χ3n) is 4.87. The second-order valence-electron chi connectivity index (χ2n) is 8.19. The number of halogens is 1. The molecule has 1 aromatic heterocycles. The molecule has 0 aliphatic rings. The topological polar surface area (TPSA) is 119 Å². The molecule has 0 aliphatic carbocycles. The summed E-state index contributed by atoms with van der Waals surface area (Å²) in [5, 5.41) is 10.3. The number of Topliss-reactive ketones (excluding diaryl/α,β-unsaturated/α-hetero) is 1. The molecule has 11 heteroatoms.